The van der Waals surface area contributed by atoms with Gasteiger partial charge >= 0.3 is 0 Å². The monoisotopic (exact) mass is 353 g/mol. The molecule has 1 aliphatic rings. The Morgan fingerprint density at radius 2 is 2.05 bits per heavy atom. The number of likely N-dealkylation sites (tertiary alicyclic amines) is 1. The highest BCUT2D eigenvalue weighted by Gasteiger charge is 2.21. The summed E-state index contributed by atoms with van der Waals surface area (Å²) in [5.41, 5.74) is 2.64. The van der Waals surface area contributed by atoms with Crippen molar-refractivity contribution in [3.63, 3.8) is 0 Å². The molecule has 1 unspecified atom stereocenters. The molecule has 1 fully saturated rings. The Hall–Kier alpha value is -0.580. The molecule has 0 aliphatic carbocycles. The summed E-state index contributed by atoms with van der Waals surface area (Å²) in [5, 5.41) is 3.47. The summed E-state index contributed by atoms with van der Waals surface area (Å²) < 4.78 is 1.20. The van der Waals surface area contributed by atoms with Crippen molar-refractivity contribution >= 4 is 21.6 Å². The van der Waals surface area contributed by atoms with Crippen molar-refractivity contribution in [3.05, 3.63) is 28.2 Å². The molecular weight excluding hydrogens is 326 g/mol. The molecule has 0 saturated carbocycles. The van der Waals surface area contributed by atoms with Gasteiger partial charge in [-0.15, -0.1) is 0 Å². The van der Waals surface area contributed by atoms with Crippen LogP contribution in [0, 0.1) is 0 Å². The van der Waals surface area contributed by atoms with E-state index in [0.29, 0.717) is 12.1 Å². The summed E-state index contributed by atoms with van der Waals surface area (Å²) in [6.45, 7) is 7.75. The molecule has 21 heavy (non-hydrogen) atoms. The first kappa shape index (κ1) is 16.8. The van der Waals surface area contributed by atoms with Crippen LogP contribution in [-0.4, -0.2) is 44.7 Å². The lowest BCUT2D eigenvalue weighted by Gasteiger charge is -2.36. The third-order valence-corrected chi connectivity index (χ3v) is 5.29. The van der Waals surface area contributed by atoms with Crippen LogP contribution in [0.15, 0.2) is 22.7 Å². The normalized spacial score (nSPS) is 18.7. The molecule has 1 aliphatic heterocycles. The molecule has 0 aromatic heterocycles. The van der Waals surface area contributed by atoms with Crippen molar-refractivity contribution in [1.82, 2.24) is 10.2 Å². The van der Waals surface area contributed by atoms with Crippen molar-refractivity contribution in [1.29, 1.82) is 0 Å². The molecule has 118 valence electrons. The smallest absolute Gasteiger partial charge is 0.0377 e. The van der Waals surface area contributed by atoms with Crippen molar-refractivity contribution < 1.29 is 0 Å². The number of nitrogens with zero attached hydrogens (tertiary/aromatic N) is 2. The van der Waals surface area contributed by atoms with Gasteiger partial charge in [0.25, 0.3) is 0 Å². The number of nitrogens with one attached hydrogen (secondary N) is 1. The Labute approximate surface area is 137 Å². The van der Waals surface area contributed by atoms with Gasteiger partial charge in [0.05, 0.1) is 0 Å². The molecule has 1 atom stereocenters. The molecule has 3 nitrogen and oxygen atoms in total. The van der Waals surface area contributed by atoms with Crippen LogP contribution >= 0.6 is 15.9 Å². The van der Waals surface area contributed by atoms with Crippen LogP contribution in [0.25, 0.3) is 0 Å². The van der Waals surface area contributed by atoms with Crippen LogP contribution in [0.3, 0.4) is 0 Å². The van der Waals surface area contributed by atoms with E-state index in [1.54, 1.807) is 0 Å². The molecule has 0 bridgehead atoms. The topological polar surface area (TPSA) is 18.5 Å². The molecule has 1 aromatic carbocycles. The fraction of sp³-hybridized carbons (Fsp3) is 0.647. The Bertz CT molecular complexity index is 455. The van der Waals surface area contributed by atoms with E-state index in [1.165, 1.54) is 41.7 Å². The third kappa shape index (κ3) is 4.21. The molecule has 1 N–H and O–H groups in total. The SMILES string of the molecule is CCNC(C)c1ccc(N(C)C2CCN(C)CC2)cc1Br. The maximum atomic E-state index is 3.74. The maximum absolute atomic E-state index is 3.74. The highest BCUT2D eigenvalue weighted by atomic mass is 79.9. The molecular formula is C17H28BrN3. The molecule has 0 spiro atoms. The maximum Gasteiger partial charge on any atom is 0.0377 e. The second-order valence-electron chi connectivity index (χ2n) is 6.13. The van der Waals surface area contributed by atoms with Gasteiger partial charge in [-0.25, -0.2) is 0 Å². The quantitative estimate of drug-likeness (QED) is 0.871. The lowest BCUT2D eigenvalue weighted by Crippen LogP contribution is -2.42. The van der Waals surface area contributed by atoms with Gasteiger partial charge in [-0.05, 0) is 64.1 Å². The summed E-state index contributed by atoms with van der Waals surface area (Å²) in [6.07, 6.45) is 2.50. The molecule has 1 heterocycles. The predicted octanol–water partition coefficient (Wildman–Crippen LogP) is 3.65. The number of benzene rings is 1. The highest BCUT2D eigenvalue weighted by molar-refractivity contribution is 9.10. The second kappa shape index (κ2) is 7.61. The lowest BCUT2D eigenvalue weighted by atomic mass is 10.0. The molecule has 0 amide bonds. The minimum absolute atomic E-state index is 0.382. The molecule has 4 heteroatoms. The zero-order valence-electron chi connectivity index (χ0n) is 13.7. The number of piperidine rings is 1. The first-order chi connectivity index (χ1) is 10.0. The van der Waals surface area contributed by atoms with Crippen LogP contribution < -0.4 is 10.2 Å². The lowest BCUT2D eigenvalue weighted by molar-refractivity contribution is 0.253. The Morgan fingerprint density at radius 3 is 2.62 bits per heavy atom. The van der Waals surface area contributed by atoms with E-state index in [1.807, 2.05) is 0 Å². The van der Waals surface area contributed by atoms with E-state index >= 15 is 0 Å². The average Bonchev–Trinajstić information content (AvgIpc) is 2.47. The fourth-order valence-corrected chi connectivity index (χ4v) is 3.81. The highest BCUT2D eigenvalue weighted by Crippen LogP contribution is 2.30. The number of hydrogen-bond acceptors (Lipinski definition) is 3. The Morgan fingerprint density at radius 1 is 1.38 bits per heavy atom. The molecule has 2 rings (SSSR count). The largest absolute Gasteiger partial charge is 0.371 e. The first-order valence-corrected chi connectivity index (χ1v) is 8.76. The van der Waals surface area contributed by atoms with Crippen molar-refractivity contribution in [3.8, 4) is 0 Å². The average molecular weight is 354 g/mol. The molecule has 1 saturated heterocycles. The van der Waals surface area contributed by atoms with Gasteiger partial charge in [0.15, 0.2) is 0 Å². The fourth-order valence-electron chi connectivity index (χ4n) is 3.10. The minimum atomic E-state index is 0.382. The number of hydrogen-bond donors (Lipinski definition) is 1. The minimum Gasteiger partial charge on any atom is -0.371 e. The van der Waals surface area contributed by atoms with Crippen molar-refractivity contribution in [2.45, 2.75) is 38.8 Å². The van der Waals surface area contributed by atoms with Gasteiger partial charge in [0.2, 0.25) is 0 Å². The van der Waals surface area contributed by atoms with Crippen LogP contribution in [0.1, 0.15) is 38.3 Å². The summed E-state index contributed by atoms with van der Waals surface area (Å²) >= 11 is 3.74. The van der Waals surface area contributed by atoms with Gasteiger partial charge in [-0.3, -0.25) is 0 Å². The molecule has 0 radical (unpaired) electrons. The second-order valence-corrected chi connectivity index (χ2v) is 6.98. The Kier molecular flexibility index (Phi) is 6.08. The Balaban J connectivity index is 2.08. The van der Waals surface area contributed by atoms with E-state index in [0.717, 1.165) is 6.54 Å². The summed E-state index contributed by atoms with van der Waals surface area (Å²) in [6, 6.07) is 7.81. The van der Waals surface area contributed by atoms with Gasteiger partial charge in [0.1, 0.15) is 0 Å². The zero-order chi connectivity index (χ0) is 15.4. The number of halogens is 1. The number of rotatable bonds is 5. The van der Waals surface area contributed by atoms with Crippen LogP contribution in [0.2, 0.25) is 0 Å². The third-order valence-electron chi connectivity index (χ3n) is 4.60. The van der Waals surface area contributed by atoms with Crippen LogP contribution in [0.5, 0.6) is 0 Å². The van der Waals surface area contributed by atoms with Crippen LogP contribution in [0.4, 0.5) is 5.69 Å². The predicted molar refractivity (Wildman–Crippen MR) is 95.2 cm³/mol. The van der Waals surface area contributed by atoms with E-state index in [-0.39, 0.29) is 0 Å². The van der Waals surface area contributed by atoms with E-state index in [9.17, 15) is 0 Å². The van der Waals surface area contributed by atoms with Crippen molar-refractivity contribution in [2.24, 2.45) is 0 Å². The van der Waals surface area contributed by atoms with Gasteiger partial charge in [-0.2, -0.15) is 0 Å². The summed E-state index contributed by atoms with van der Waals surface area (Å²) in [4.78, 5) is 4.86. The van der Waals surface area contributed by atoms with Crippen molar-refractivity contribution in [2.75, 3.05) is 38.6 Å². The van der Waals surface area contributed by atoms with E-state index < -0.39 is 0 Å². The summed E-state index contributed by atoms with van der Waals surface area (Å²) in [7, 11) is 4.44. The number of anilines is 1. The van der Waals surface area contributed by atoms with E-state index in [4.69, 9.17) is 0 Å². The van der Waals surface area contributed by atoms with Gasteiger partial charge in [-0.1, -0.05) is 28.9 Å². The van der Waals surface area contributed by atoms with Crippen LogP contribution in [-0.2, 0) is 0 Å². The standard InChI is InChI=1S/C17H28BrN3/c1-5-19-13(2)16-7-6-15(12-17(16)18)21(4)14-8-10-20(3)11-9-14/h6-7,12-14,19H,5,8-11H2,1-4H3. The van der Waals surface area contributed by atoms with Gasteiger partial charge < -0.3 is 15.1 Å². The summed E-state index contributed by atoms with van der Waals surface area (Å²) in [5.74, 6) is 0. The van der Waals surface area contributed by atoms with E-state index in [2.05, 4.69) is 77.2 Å². The first-order valence-electron chi connectivity index (χ1n) is 7.97. The molecule has 1 aromatic rings. The van der Waals surface area contributed by atoms with Gasteiger partial charge in [0, 0.05) is 29.3 Å². The zero-order valence-corrected chi connectivity index (χ0v) is 15.3.